The molecule has 0 bridgehead atoms. The Kier molecular flexibility index (Phi) is 11.6. The van der Waals surface area contributed by atoms with Crippen molar-refractivity contribution < 1.29 is 0 Å². The summed E-state index contributed by atoms with van der Waals surface area (Å²) in [5.41, 5.74) is 0. The van der Waals surface area contributed by atoms with Gasteiger partial charge in [0.2, 0.25) is 0 Å². The summed E-state index contributed by atoms with van der Waals surface area (Å²) in [6.07, 6.45) is 1.26. The first-order valence-electron chi connectivity index (χ1n) is 5.85. The second-order valence-corrected chi connectivity index (χ2v) is 4.78. The molecule has 0 rings (SSSR count). The Hall–Kier alpha value is 0.270. The summed E-state index contributed by atoms with van der Waals surface area (Å²) in [5, 5.41) is 3.48. The molecular weight excluding hydrogens is 192 g/mol. The van der Waals surface area contributed by atoms with Crippen molar-refractivity contribution >= 4 is 11.8 Å². The van der Waals surface area contributed by atoms with Gasteiger partial charge in [-0.15, -0.1) is 0 Å². The Labute approximate surface area is 93.8 Å². The molecule has 0 spiro atoms. The van der Waals surface area contributed by atoms with Crippen LogP contribution in [-0.4, -0.2) is 49.1 Å². The van der Waals surface area contributed by atoms with Crippen molar-refractivity contribution in [2.45, 2.75) is 27.2 Å². The number of hydrogen-bond acceptors (Lipinski definition) is 3. The zero-order chi connectivity index (χ0) is 10.6. The lowest BCUT2D eigenvalue weighted by Gasteiger charge is -2.19. The van der Waals surface area contributed by atoms with Gasteiger partial charge in [-0.25, -0.2) is 0 Å². The Morgan fingerprint density at radius 3 is 2.43 bits per heavy atom. The summed E-state index contributed by atoms with van der Waals surface area (Å²) in [6, 6.07) is 0. The fraction of sp³-hybridized carbons (Fsp3) is 1.00. The number of hydrogen-bond donors (Lipinski definition) is 1. The van der Waals surface area contributed by atoms with E-state index in [0.717, 1.165) is 13.1 Å². The van der Waals surface area contributed by atoms with E-state index in [2.05, 4.69) is 31.0 Å². The van der Waals surface area contributed by atoms with Crippen molar-refractivity contribution in [3.8, 4) is 0 Å². The van der Waals surface area contributed by atoms with Crippen LogP contribution in [-0.2, 0) is 0 Å². The van der Waals surface area contributed by atoms with Crippen molar-refractivity contribution in [2.75, 3.05) is 44.2 Å². The van der Waals surface area contributed by atoms with E-state index in [1.165, 1.54) is 37.6 Å². The predicted molar refractivity (Wildman–Crippen MR) is 68.3 cm³/mol. The minimum atomic E-state index is 1.14. The molecule has 0 aliphatic heterocycles. The molecule has 0 aromatic heterocycles. The van der Waals surface area contributed by atoms with Gasteiger partial charge in [-0.2, -0.15) is 11.8 Å². The highest BCUT2D eigenvalue weighted by atomic mass is 32.2. The van der Waals surface area contributed by atoms with E-state index in [1.807, 2.05) is 11.8 Å². The number of likely N-dealkylation sites (N-methyl/N-ethyl adjacent to an activating group) is 1. The molecule has 0 aromatic carbocycles. The van der Waals surface area contributed by atoms with Crippen LogP contribution in [0.1, 0.15) is 27.2 Å². The SMILES string of the molecule is CCCN(CC)CCNCCSCC. The van der Waals surface area contributed by atoms with Gasteiger partial charge < -0.3 is 10.2 Å². The van der Waals surface area contributed by atoms with Crippen LogP contribution >= 0.6 is 11.8 Å². The van der Waals surface area contributed by atoms with Gasteiger partial charge in [-0.1, -0.05) is 20.8 Å². The minimum Gasteiger partial charge on any atom is -0.315 e. The number of rotatable bonds is 10. The molecule has 0 saturated carbocycles. The van der Waals surface area contributed by atoms with Crippen molar-refractivity contribution in [1.82, 2.24) is 10.2 Å². The van der Waals surface area contributed by atoms with Crippen molar-refractivity contribution in [2.24, 2.45) is 0 Å². The Bertz CT molecular complexity index is 109. The number of nitrogens with zero attached hydrogens (tertiary/aromatic N) is 1. The summed E-state index contributed by atoms with van der Waals surface area (Å²) < 4.78 is 0. The first kappa shape index (κ1) is 14.3. The maximum absolute atomic E-state index is 3.48. The Balaban J connectivity index is 3.15. The molecule has 0 fully saturated rings. The molecule has 0 saturated heterocycles. The van der Waals surface area contributed by atoms with Crippen molar-refractivity contribution in [3.63, 3.8) is 0 Å². The molecule has 2 nitrogen and oxygen atoms in total. The third kappa shape index (κ3) is 8.85. The molecule has 0 atom stereocenters. The lowest BCUT2D eigenvalue weighted by Crippen LogP contribution is -2.33. The van der Waals surface area contributed by atoms with Crippen LogP contribution in [0.5, 0.6) is 0 Å². The van der Waals surface area contributed by atoms with Crippen LogP contribution in [0.2, 0.25) is 0 Å². The van der Waals surface area contributed by atoms with E-state index in [9.17, 15) is 0 Å². The van der Waals surface area contributed by atoms with Crippen molar-refractivity contribution in [1.29, 1.82) is 0 Å². The zero-order valence-corrected chi connectivity index (χ0v) is 10.8. The van der Waals surface area contributed by atoms with Gasteiger partial charge in [0.1, 0.15) is 0 Å². The smallest absolute Gasteiger partial charge is 0.0107 e. The molecule has 14 heavy (non-hydrogen) atoms. The summed E-state index contributed by atoms with van der Waals surface area (Å²) >= 11 is 2.01. The van der Waals surface area contributed by atoms with Gasteiger partial charge >= 0.3 is 0 Å². The number of nitrogens with one attached hydrogen (secondary N) is 1. The monoisotopic (exact) mass is 218 g/mol. The van der Waals surface area contributed by atoms with E-state index in [-0.39, 0.29) is 0 Å². The largest absolute Gasteiger partial charge is 0.315 e. The fourth-order valence-corrected chi connectivity index (χ4v) is 1.97. The summed E-state index contributed by atoms with van der Waals surface area (Å²) in [6.45, 7) is 12.6. The molecule has 0 aliphatic rings. The molecular formula is C11H26N2S. The molecule has 0 heterocycles. The molecule has 0 radical (unpaired) electrons. The van der Waals surface area contributed by atoms with E-state index in [0.29, 0.717) is 0 Å². The standard InChI is InChI=1S/C11H26N2S/c1-4-9-13(5-2)10-7-12-8-11-14-6-3/h12H,4-11H2,1-3H3. The third-order valence-electron chi connectivity index (χ3n) is 2.22. The van der Waals surface area contributed by atoms with Crippen LogP contribution in [0.3, 0.4) is 0 Å². The van der Waals surface area contributed by atoms with Crippen LogP contribution < -0.4 is 5.32 Å². The highest BCUT2D eigenvalue weighted by Gasteiger charge is 1.98. The summed E-state index contributed by atoms with van der Waals surface area (Å²) in [7, 11) is 0. The first-order valence-corrected chi connectivity index (χ1v) is 7.01. The van der Waals surface area contributed by atoms with Crippen LogP contribution in [0, 0.1) is 0 Å². The highest BCUT2D eigenvalue weighted by molar-refractivity contribution is 7.99. The second kappa shape index (κ2) is 11.3. The van der Waals surface area contributed by atoms with Gasteiger partial charge in [-0.05, 0) is 25.3 Å². The third-order valence-corrected chi connectivity index (χ3v) is 3.12. The van der Waals surface area contributed by atoms with Crippen LogP contribution in [0.4, 0.5) is 0 Å². The number of thioether (sulfide) groups is 1. The van der Waals surface area contributed by atoms with Gasteiger partial charge in [0, 0.05) is 25.4 Å². The second-order valence-electron chi connectivity index (χ2n) is 3.38. The van der Waals surface area contributed by atoms with Gasteiger partial charge in [0.25, 0.3) is 0 Å². The van der Waals surface area contributed by atoms with Crippen molar-refractivity contribution in [3.05, 3.63) is 0 Å². The Morgan fingerprint density at radius 1 is 1.07 bits per heavy atom. The molecule has 3 heteroatoms. The van der Waals surface area contributed by atoms with Crippen LogP contribution in [0.15, 0.2) is 0 Å². The maximum Gasteiger partial charge on any atom is 0.0107 e. The lowest BCUT2D eigenvalue weighted by atomic mass is 10.4. The van der Waals surface area contributed by atoms with Gasteiger partial charge in [0.05, 0.1) is 0 Å². The molecule has 0 amide bonds. The quantitative estimate of drug-likeness (QED) is 0.565. The topological polar surface area (TPSA) is 15.3 Å². The zero-order valence-electron chi connectivity index (χ0n) is 10.0. The summed E-state index contributed by atoms with van der Waals surface area (Å²) in [5.74, 6) is 2.48. The maximum atomic E-state index is 3.48. The normalized spacial score (nSPS) is 11.1. The average molecular weight is 218 g/mol. The van der Waals surface area contributed by atoms with E-state index < -0.39 is 0 Å². The average Bonchev–Trinajstić information content (AvgIpc) is 2.21. The van der Waals surface area contributed by atoms with Crippen LogP contribution in [0.25, 0.3) is 0 Å². The molecule has 1 N–H and O–H groups in total. The molecule has 0 aromatic rings. The van der Waals surface area contributed by atoms with Gasteiger partial charge in [0.15, 0.2) is 0 Å². The summed E-state index contributed by atoms with van der Waals surface area (Å²) in [4.78, 5) is 2.50. The minimum absolute atomic E-state index is 1.14. The molecule has 0 unspecified atom stereocenters. The molecule has 0 aliphatic carbocycles. The van der Waals surface area contributed by atoms with E-state index in [4.69, 9.17) is 0 Å². The van der Waals surface area contributed by atoms with E-state index >= 15 is 0 Å². The Morgan fingerprint density at radius 2 is 1.86 bits per heavy atom. The lowest BCUT2D eigenvalue weighted by molar-refractivity contribution is 0.289. The van der Waals surface area contributed by atoms with Gasteiger partial charge in [-0.3, -0.25) is 0 Å². The highest BCUT2D eigenvalue weighted by Crippen LogP contribution is 1.95. The predicted octanol–water partition coefficient (Wildman–Crippen LogP) is 2.06. The molecule has 86 valence electrons. The fourth-order valence-electron chi connectivity index (χ4n) is 1.40. The van der Waals surface area contributed by atoms with E-state index in [1.54, 1.807) is 0 Å². The first-order chi connectivity index (χ1) is 6.85.